The number of anilines is 2. The quantitative estimate of drug-likeness (QED) is 0.650. The van der Waals surface area contributed by atoms with Gasteiger partial charge in [0.05, 0.1) is 16.0 Å². The molecule has 1 aliphatic heterocycles. The maximum Gasteiger partial charge on any atom is 0.416 e. The van der Waals surface area contributed by atoms with E-state index in [1.807, 2.05) is 0 Å². The molecule has 156 valence electrons. The summed E-state index contributed by atoms with van der Waals surface area (Å²) in [5.74, 6) is -0.637. The van der Waals surface area contributed by atoms with Gasteiger partial charge in [0.25, 0.3) is 15.9 Å². The zero-order valence-electron chi connectivity index (χ0n) is 15.4. The fourth-order valence-electron chi connectivity index (χ4n) is 3.17. The van der Waals surface area contributed by atoms with Crippen LogP contribution in [-0.4, -0.2) is 24.8 Å². The second-order valence-electron chi connectivity index (χ2n) is 6.76. The Labute approximate surface area is 170 Å². The number of nitrogens with zero attached hydrogens (tertiary/aromatic N) is 1. The zero-order valence-corrected chi connectivity index (χ0v) is 16.2. The summed E-state index contributed by atoms with van der Waals surface area (Å²) in [5.41, 5.74) is 1.19. The molecule has 0 atom stereocenters. The zero-order chi connectivity index (χ0) is 21.5. The number of halogens is 3. The number of fused-ring (bicyclic) bond motifs is 1. The molecule has 2 N–H and O–H groups in total. The lowest BCUT2D eigenvalue weighted by Gasteiger charge is -2.09. The van der Waals surface area contributed by atoms with Crippen LogP contribution in [0.5, 0.6) is 0 Å². The van der Waals surface area contributed by atoms with Gasteiger partial charge >= 0.3 is 6.18 Å². The van der Waals surface area contributed by atoms with Crippen molar-refractivity contribution >= 4 is 27.3 Å². The molecule has 4 rings (SSSR count). The molecule has 0 saturated heterocycles. The normalized spacial score (nSPS) is 13.6. The van der Waals surface area contributed by atoms with E-state index in [1.165, 1.54) is 24.5 Å². The molecule has 0 aliphatic carbocycles. The van der Waals surface area contributed by atoms with Crippen molar-refractivity contribution < 1.29 is 26.4 Å². The first-order valence-electron chi connectivity index (χ1n) is 8.93. The molecular weight excluding hydrogens is 419 g/mol. The highest BCUT2D eigenvalue weighted by Gasteiger charge is 2.30. The number of carbonyl (C=O) groups excluding carboxylic acids is 1. The Hall–Kier alpha value is -3.27. The molecule has 0 fully saturated rings. The third kappa shape index (κ3) is 3.78. The Bertz CT molecular complexity index is 1220. The summed E-state index contributed by atoms with van der Waals surface area (Å²) in [6.07, 6.45) is -1.32. The molecule has 6 nitrogen and oxygen atoms in total. The minimum absolute atomic E-state index is 0.0568. The number of benzene rings is 2. The molecule has 1 aromatic heterocycles. The standard InChI is InChI=1S/C20H16F3N3O3S/c21-20(22,23)15-1-3-16(4-2-15)25-19(27)14-8-10-26(12-14)30(28,29)17-5-6-18-13(11-17)7-9-24-18/h1-6,8,10-12,24H,7,9H2,(H,25,27). The van der Waals surface area contributed by atoms with Gasteiger partial charge in [0.15, 0.2) is 0 Å². The van der Waals surface area contributed by atoms with Gasteiger partial charge in [-0.15, -0.1) is 0 Å². The van der Waals surface area contributed by atoms with Crippen LogP contribution in [0.4, 0.5) is 24.5 Å². The van der Waals surface area contributed by atoms with Crippen molar-refractivity contribution in [1.29, 1.82) is 0 Å². The molecule has 0 saturated carbocycles. The molecule has 2 heterocycles. The fraction of sp³-hybridized carbons (Fsp3) is 0.150. The number of amides is 1. The van der Waals surface area contributed by atoms with Crippen molar-refractivity contribution in [2.24, 2.45) is 0 Å². The van der Waals surface area contributed by atoms with E-state index < -0.39 is 27.7 Å². The first-order chi connectivity index (χ1) is 14.1. The van der Waals surface area contributed by atoms with E-state index in [1.54, 1.807) is 12.1 Å². The average Bonchev–Trinajstić information content (AvgIpc) is 3.37. The Morgan fingerprint density at radius 1 is 1.07 bits per heavy atom. The minimum Gasteiger partial charge on any atom is -0.384 e. The van der Waals surface area contributed by atoms with Gasteiger partial charge in [-0.25, -0.2) is 12.4 Å². The Kier molecular flexibility index (Phi) is 4.81. The van der Waals surface area contributed by atoms with Gasteiger partial charge in [-0.05, 0) is 60.5 Å². The van der Waals surface area contributed by atoms with Crippen LogP contribution in [0.3, 0.4) is 0 Å². The highest BCUT2D eigenvalue weighted by molar-refractivity contribution is 7.90. The molecule has 0 unspecified atom stereocenters. The average molecular weight is 435 g/mol. The van der Waals surface area contributed by atoms with Gasteiger partial charge in [0, 0.05) is 30.3 Å². The maximum absolute atomic E-state index is 12.9. The van der Waals surface area contributed by atoms with Crippen LogP contribution in [0.15, 0.2) is 65.8 Å². The Balaban J connectivity index is 1.52. The maximum atomic E-state index is 12.9. The first kappa shape index (κ1) is 20.0. The first-order valence-corrected chi connectivity index (χ1v) is 10.4. The van der Waals surface area contributed by atoms with Crippen molar-refractivity contribution in [2.45, 2.75) is 17.5 Å². The molecule has 3 aromatic rings. The van der Waals surface area contributed by atoms with Crippen molar-refractivity contribution in [3.63, 3.8) is 0 Å². The lowest BCUT2D eigenvalue weighted by Crippen LogP contribution is -2.14. The van der Waals surface area contributed by atoms with Crippen LogP contribution < -0.4 is 10.6 Å². The number of alkyl halides is 3. The third-order valence-electron chi connectivity index (χ3n) is 4.76. The van der Waals surface area contributed by atoms with Crippen molar-refractivity contribution in [3.8, 4) is 0 Å². The van der Waals surface area contributed by atoms with E-state index in [4.69, 9.17) is 0 Å². The summed E-state index contributed by atoms with van der Waals surface area (Å²) in [7, 11) is -3.88. The van der Waals surface area contributed by atoms with E-state index in [0.717, 1.165) is 52.5 Å². The second kappa shape index (κ2) is 7.21. The van der Waals surface area contributed by atoms with E-state index in [2.05, 4.69) is 10.6 Å². The summed E-state index contributed by atoms with van der Waals surface area (Å²) in [6.45, 7) is 0.747. The van der Waals surface area contributed by atoms with Gasteiger partial charge in [0.2, 0.25) is 0 Å². The Morgan fingerprint density at radius 3 is 2.50 bits per heavy atom. The highest BCUT2D eigenvalue weighted by atomic mass is 32.2. The van der Waals surface area contributed by atoms with Gasteiger partial charge in [-0.3, -0.25) is 4.79 Å². The van der Waals surface area contributed by atoms with Crippen LogP contribution in [0.25, 0.3) is 0 Å². The second-order valence-corrected chi connectivity index (χ2v) is 8.60. The molecule has 2 aromatic carbocycles. The summed E-state index contributed by atoms with van der Waals surface area (Å²) in [4.78, 5) is 12.5. The molecule has 1 aliphatic rings. The molecule has 10 heteroatoms. The van der Waals surface area contributed by atoms with Crippen LogP contribution in [0.2, 0.25) is 0 Å². The smallest absolute Gasteiger partial charge is 0.384 e. The minimum atomic E-state index is -4.47. The molecule has 1 amide bonds. The van der Waals surface area contributed by atoms with Crippen molar-refractivity contribution in [1.82, 2.24) is 3.97 Å². The van der Waals surface area contributed by atoms with Crippen molar-refractivity contribution in [3.05, 3.63) is 77.6 Å². The number of nitrogens with one attached hydrogen (secondary N) is 2. The molecular formula is C20H16F3N3O3S. The number of aromatic nitrogens is 1. The molecule has 0 radical (unpaired) electrons. The SMILES string of the molecule is O=C(Nc1ccc(C(F)(F)F)cc1)c1ccn(S(=O)(=O)c2ccc3c(c2)CCN3)c1. The lowest BCUT2D eigenvalue weighted by molar-refractivity contribution is -0.137. The van der Waals surface area contributed by atoms with Crippen LogP contribution in [0.1, 0.15) is 21.5 Å². The van der Waals surface area contributed by atoms with Crippen LogP contribution in [0, 0.1) is 0 Å². The number of hydrogen-bond acceptors (Lipinski definition) is 4. The van der Waals surface area contributed by atoms with Gasteiger partial charge < -0.3 is 10.6 Å². The third-order valence-corrected chi connectivity index (χ3v) is 6.39. The highest BCUT2D eigenvalue weighted by Crippen LogP contribution is 2.30. The Morgan fingerprint density at radius 2 is 1.80 bits per heavy atom. The summed E-state index contributed by atoms with van der Waals surface area (Å²) >= 11 is 0. The van der Waals surface area contributed by atoms with Gasteiger partial charge in [-0.2, -0.15) is 13.2 Å². The van der Waals surface area contributed by atoms with Crippen LogP contribution in [-0.2, 0) is 22.6 Å². The molecule has 30 heavy (non-hydrogen) atoms. The monoisotopic (exact) mass is 435 g/mol. The predicted octanol–water partition coefficient (Wildman–Crippen LogP) is 3.96. The topological polar surface area (TPSA) is 80.2 Å². The largest absolute Gasteiger partial charge is 0.416 e. The molecule has 0 bridgehead atoms. The van der Waals surface area contributed by atoms with Gasteiger partial charge in [0.1, 0.15) is 0 Å². The predicted molar refractivity (Wildman–Crippen MR) is 105 cm³/mol. The van der Waals surface area contributed by atoms with Crippen LogP contribution >= 0.6 is 0 Å². The fourth-order valence-corrected chi connectivity index (χ4v) is 4.42. The van der Waals surface area contributed by atoms with Gasteiger partial charge in [-0.1, -0.05) is 0 Å². The lowest BCUT2D eigenvalue weighted by atomic mass is 10.2. The summed E-state index contributed by atoms with van der Waals surface area (Å²) in [6, 6.07) is 10.1. The number of carbonyl (C=O) groups is 1. The van der Waals surface area contributed by atoms with E-state index >= 15 is 0 Å². The summed E-state index contributed by atoms with van der Waals surface area (Å²) in [5, 5.41) is 5.61. The molecule has 0 spiro atoms. The van der Waals surface area contributed by atoms with E-state index in [0.29, 0.717) is 0 Å². The number of rotatable bonds is 4. The van der Waals surface area contributed by atoms with Crippen molar-refractivity contribution in [2.75, 3.05) is 17.2 Å². The van der Waals surface area contributed by atoms with E-state index in [-0.39, 0.29) is 16.1 Å². The number of hydrogen-bond donors (Lipinski definition) is 2. The summed E-state index contributed by atoms with van der Waals surface area (Å²) < 4.78 is 64.5. The van der Waals surface area contributed by atoms with E-state index in [9.17, 15) is 26.4 Å².